The summed E-state index contributed by atoms with van der Waals surface area (Å²) in [6, 6.07) is 6.29. The number of nitrogens with one attached hydrogen (secondary N) is 2. The number of nitrogens with zero attached hydrogens (tertiary/aromatic N) is 2. The maximum atomic E-state index is 13.5. The first-order valence-electron chi connectivity index (χ1n) is 11.4. The van der Waals surface area contributed by atoms with E-state index in [1.165, 1.54) is 25.3 Å². The highest BCUT2D eigenvalue weighted by atomic mass is 19.4. The molecule has 0 radical (unpaired) electrons. The molecule has 0 aliphatic heterocycles. The van der Waals surface area contributed by atoms with Gasteiger partial charge in [-0.25, -0.2) is 24.6 Å². The smallest absolute Gasteiger partial charge is 0.377 e. The summed E-state index contributed by atoms with van der Waals surface area (Å²) in [5, 5.41) is 3.22. The molecular formula is C24H24F5N5O3. The Balaban J connectivity index is 1.70. The lowest BCUT2D eigenvalue weighted by Gasteiger charge is -2.29. The van der Waals surface area contributed by atoms with Gasteiger partial charge in [-0.1, -0.05) is 12.1 Å². The zero-order chi connectivity index (χ0) is 27.0. The number of hydrazine groups is 1. The molecule has 198 valence electrons. The molecule has 1 aliphatic carbocycles. The number of methoxy groups -OCH3 is 1. The van der Waals surface area contributed by atoms with Crippen LogP contribution in [0.3, 0.4) is 0 Å². The molecule has 1 aromatic heterocycles. The SMILES string of the molecule is COCc1nc2c(C(=O)NC3CCC(F)(F)CC3)cc(N(N)C(=O)c3ccccc3C(F)(F)F)cc2[nH]1. The molecule has 0 spiro atoms. The maximum absolute atomic E-state index is 13.5. The number of imidazole rings is 1. The molecule has 4 rings (SSSR count). The number of alkyl halides is 5. The van der Waals surface area contributed by atoms with E-state index in [1.807, 2.05) is 0 Å². The van der Waals surface area contributed by atoms with Crippen molar-refractivity contribution >= 4 is 28.5 Å². The summed E-state index contributed by atoms with van der Waals surface area (Å²) in [5.74, 6) is 1.74. The van der Waals surface area contributed by atoms with Gasteiger partial charge in [0.25, 0.3) is 11.8 Å². The van der Waals surface area contributed by atoms with Crippen LogP contribution in [0.4, 0.5) is 27.6 Å². The Morgan fingerprint density at radius 3 is 2.51 bits per heavy atom. The van der Waals surface area contributed by atoms with Gasteiger partial charge >= 0.3 is 6.18 Å². The zero-order valence-corrected chi connectivity index (χ0v) is 19.7. The van der Waals surface area contributed by atoms with Crippen LogP contribution < -0.4 is 16.2 Å². The third-order valence-corrected chi connectivity index (χ3v) is 6.16. The average molecular weight is 525 g/mol. The monoisotopic (exact) mass is 525 g/mol. The number of amides is 2. The van der Waals surface area contributed by atoms with Crippen molar-refractivity contribution < 1.29 is 36.3 Å². The molecular weight excluding hydrogens is 501 g/mol. The molecule has 0 atom stereocenters. The summed E-state index contributed by atoms with van der Waals surface area (Å²) in [4.78, 5) is 33.4. The molecule has 1 saturated carbocycles. The molecule has 1 heterocycles. The van der Waals surface area contributed by atoms with Crippen molar-refractivity contribution in [3.05, 3.63) is 58.9 Å². The minimum Gasteiger partial charge on any atom is -0.377 e. The van der Waals surface area contributed by atoms with Crippen molar-refractivity contribution in [2.45, 2.75) is 50.4 Å². The molecule has 1 fully saturated rings. The number of benzene rings is 2. The number of aromatic amines is 1. The van der Waals surface area contributed by atoms with Crippen molar-refractivity contribution in [3.63, 3.8) is 0 Å². The maximum Gasteiger partial charge on any atom is 0.417 e. The van der Waals surface area contributed by atoms with Gasteiger partial charge < -0.3 is 15.0 Å². The second-order valence-corrected chi connectivity index (χ2v) is 8.83. The highest BCUT2D eigenvalue weighted by Gasteiger charge is 2.37. The fraction of sp³-hybridized carbons (Fsp3) is 0.375. The number of halogens is 5. The number of fused-ring (bicyclic) bond motifs is 1. The highest BCUT2D eigenvalue weighted by molar-refractivity contribution is 6.10. The van der Waals surface area contributed by atoms with Gasteiger partial charge in [-0.05, 0) is 37.1 Å². The Bertz CT molecular complexity index is 1310. The van der Waals surface area contributed by atoms with Crippen molar-refractivity contribution in [2.24, 2.45) is 5.84 Å². The van der Waals surface area contributed by atoms with E-state index in [-0.39, 0.29) is 54.6 Å². The number of hydrogen-bond acceptors (Lipinski definition) is 5. The Kier molecular flexibility index (Phi) is 7.20. The third-order valence-electron chi connectivity index (χ3n) is 6.16. The predicted molar refractivity (Wildman–Crippen MR) is 124 cm³/mol. The van der Waals surface area contributed by atoms with E-state index in [0.29, 0.717) is 10.8 Å². The summed E-state index contributed by atoms with van der Waals surface area (Å²) in [5.41, 5.74) is -1.47. The van der Waals surface area contributed by atoms with E-state index < -0.39 is 41.1 Å². The van der Waals surface area contributed by atoms with Gasteiger partial charge in [0.05, 0.1) is 27.9 Å². The molecule has 13 heteroatoms. The van der Waals surface area contributed by atoms with E-state index >= 15 is 0 Å². The molecule has 2 aromatic carbocycles. The number of carbonyl (C=O) groups excluding carboxylic acids is 2. The molecule has 37 heavy (non-hydrogen) atoms. The van der Waals surface area contributed by atoms with Crippen LogP contribution in [0, 0.1) is 0 Å². The van der Waals surface area contributed by atoms with Crippen LogP contribution in [0.25, 0.3) is 11.0 Å². The van der Waals surface area contributed by atoms with Crippen molar-refractivity contribution in [1.82, 2.24) is 15.3 Å². The van der Waals surface area contributed by atoms with Gasteiger partial charge in [0.2, 0.25) is 5.92 Å². The lowest BCUT2D eigenvalue weighted by molar-refractivity contribution is -0.137. The number of aromatic nitrogens is 2. The summed E-state index contributed by atoms with van der Waals surface area (Å²) < 4.78 is 72.5. The molecule has 4 N–H and O–H groups in total. The van der Waals surface area contributed by atoms with Crippen molar-refractivity contribution in [3.8, 4) is 0 Å². The van der Waals surface area contributed by atoms with Crippen LogP contribution in [0.5, 0.6) is 0 Å². The Morgan fingerprint density at radius 2 is 1.86 bits per heavy atom. The normalized spacial score (nSPS) is 16.1. The zero-order valence-electron chi connectivity index (χ0n) is 19.7. The molecule has 3 aromatic rings. The quantitative estimate of drug-likeness (QED) is 0.189. The third kappa shape index (κ3) is 5.72. The lowest BCUT2D eigenvalue weighted by atomic mass is 9.92. The van der Waals surface area contributed by atoms with Crippen molar-refractivity contribution in [1.29, 1.82) is 0 Å². The van der Waals surface area contributed by atoms with Gasteiger partial charge in [-0.15, -0.1) is 0 Å². The van der Waals surface area contributed by atoms with Gasteiger partial charge in [-0.3, -0.25) is 9.59 Å². The minimum atomic E-state index is -4.79. The summed E-state index contributed by atoms with van der Waals surface area (Å²) in [6.45, 7) is 0.0625. The molecule has 0 saturated heterocycles. The van der Waals surface area contributed by atoms with E-state index in [9.17, 15) is 31.5 Å². The second-order valence-electron chi connectivity index (χ2n) is 8.83. The molecule has 1 aliphatic rings. The van der Waals surface area contributed by atoms with Crippen LogP contribution in [0.2, 0.25) is 0 Å². The van der Waals surface area contributed by atoms with Crippen LogP contribution in [-0.2, 0) is 17.5 Å². The molecule has 0 bridgehead atoms. The largest absolute Gasteiger partial charge is 0.417 e. The summed E-state index contributed by atoms with van der Waals surface area (Å²) in [6.07, 6.45) is -5.37. The Labute approximate surface area is 207 Å². The van der Waals surface area contributed by atoms with E-state index in [4.69, 9.17) is 10.6 Å². The number of anilines is 1. The molecule has 2 amide bonds. The van der Waals surface area contributed by atoms with Gasteiger partial charge in [0, 0.05) is 26.0 Å². The highest BCUT2D eigenvalue weighted by Crippen LogP contribution is 2.35. The van der Waals surface area contributed by atoms with Gasteiger partial charge in [-0.2, -0.15) is 13.2 Å². The standard InChI is InChI=1S/C24H24F5N5O3/c1-37-12-19-32-18-11-14(34(30)22(36)15-4-2-3-5-17(15)24(27,28)29)10-16(20(18)33-19)21(35)31-13-6-8-23(25,26)9-7-13/h2-5,10-11,13H,6-9,12,30H2,1H3,(H,31,35)(H,32,33). The summed E-state index contributed by atoms with van der Waals surface area (Å²) >= 11 is 0. The number of ether oxygens (including phenoxy) is 1. The van der Waals surface area contributed by atoms with Gasteiger partial charge in [0.15, 0.2) is 0 Å². The Hall–Kier alpha value is -3.58. The van der Waals surface area contributed by atoms with E-state index in [1.54, 1.807) is 0 Å². The number of nitrogens with two attached hydrogens (primary N) is 1. The number of H-pyrrole nitrogens is 1. The van der Waals surface area contributed by atoms with Crippen LogP contribution in [0.15, 0.2) is 36.4 Å². The first-order chi connectivity index (χ1) is 17.4. The van der Waals surface area contributed by atoms with Crippen LogP contribution >= 0.6 is 0 Å². The molecule has 0 unspecified atom stereocenters. The second kappa shape index (κ2) is 10.1. The topological polar surface area (TPSA) is 113 Å². The van der Waals surface area contributed by atoms with Gasteiger partial charge in [0.1, 0.15) is 17.9 Å². The van der Waals surface area contributed by atoms with Crippen LogP contribution in [0.1, 0.15) is 57.8 Å². The van der Waals surface area contributed by atoms with E-state index in [0.717, 1.165) is 18.2 Å². The first-order valence-corrected chi connectivity index (χ1v) is 11.4. The van der Waals surface area contributed by atoms with Crippen molar-refractivity contribution in [2.75, 3.05) is 12.1 Å². The fourth-order valence-electron chi connectivity index (χ4n) is 4.28. The first kappa shape index (κ1) is 26.5. The number of hydrogen-bond donors (Lipinski definition) is 3. The molecule has 8 nitrogen and oxygen atoms in total. The van der Waals surface area contributed by atoms with E-state index in [2.05, 4.69) is 15.3 Å². The van der Waals surface area contributed by atoms with Crippen LogP contribution in [-0.4, -0.2) is 40.9 Å². The average Bonchev–Trinajstić information content (AvgIpc) is 3.26. The number of carbonyl (C=O) groups is 2. The number of rotatable bonds is 6. The summed E-state index contributed by atoms with van der Waals surface area (Å²) in [7, 11) is 1.43. The predicted octanol–water partition coefficient (Wildman–Crippen LogP) is 4.56. The fourth-order valence-corrected chi connectivity index (χ4v) is 4.28. The lowest BCUT2D eigenvalue weighted by Crippen LogP contribution is -2.41. The Morgan fingerprint density at radius 1 is 1.19 bits per heavy atom. The minimum absolute atomic E-state index is 0.0317.